The fourth-order valence-electron chi connectivity index (χ4n) is 1.21. The Bertz CT molecular complexity index is 370. The molecule has 0 amide bonds. The molecule has 0 atom stereocenters. The molecule has 1 rings (SSSR count). The van der Waals surface area contributed by atoms with E-state index in [9.17, 15) is 0 Å². The molecule has 0 aromatic heterocycles. The predicted molar refractivity (Wildman–Crippen MR) is 63.6 cm³/mol. The second-order valence-electron chi connectivity index (χ2n) is 3.29. The third-order valence-corrected chi connectivity index (χ3v) is 2.29. The van der Waals surface area contributed by atoms with Crippen LogP contribution in [-0.2, 0) is 11.4 Å². The van der Waals surface area contributed by atoms with Crippen LogP contribution in [0.25, 0.3) is 0 Å². The molecule has 0 fully saturated rings. The van der Waals surface area contributed by atoms with Gasteiger partial charge in [-0.15, -0.1) is 0 Å². The SMILES string of the molecule is CN=CC=NOCc1cccc(C)c1C. The Labute approximate surface area is 90.5 Å². The van der Waals surface area contributed by atoms with Crippen molar-refractivity contribution in [3.05, 3.63) is 34.9 Å². The lowest BCUT2D eigenvalue weighted by Crippen LogP contribution is -1.93. The summed E-state index contributed by atoms with van der Waals surface area (Å²) in [5, 5.41) is 3.75. The molecule has 0 aliphatic rings. The average Bonchev–Trinajstić information content (AvgIpc) is 2.24. The summed E-state index contributed by atoms with van der Waals surface area (Å²) in [6.45, 7) is 4.68. The Hall–Kier alpha value is -1.64. The van der Waals surface area contributed by atoms with E-state index in [-0.39, 0.29) is 0 Å². The molecule has 0 heterocycles. The molecule has 3 nitrogen and oxygen atoms in total. The number of aryl methyl sites for hydroxylation is 1. The van der Waals surface area contributed by atoms with E-state index in [1.165, 1.54) is 22.9 Å². The van der Waals surface area contributed by atoms with Gasteiger partial charge in [0, 0.05) is 13.3 Å². The lowest BCUT2D eigenvalue weighted by atomic mass is 10.0. The number of rotatable bonds is 4. The largest absolute Gasteiger partial charge is 0.391 e. The van der Waals surface area contributed by atoms with Crippen LogP contribution in [0, 0.1) is 13.8 Å². The Kier molecular flexibility index (Phi) is 4.54. The van der Waals surface area contributed by atoms with Crippen LogP contribution in [0.4, 0.5) is 0 Å². The van der Waals surface area contributed by atoms with Gasteiger partial charge in [0.2, 0.25) is 0 Å². The standard InChI is InChI=1S/C12H16N2O/c1-10-5-4-6-12(11(10)2)9-15-14-8-7-13-3/h4-8H,9H2,1-3H3. The minimum atomic E-state index is 0.502. The monoisotopic (exact) mass is 204 g/mol. The van der Waals surface area contributed by atoms with Crippen molar-refractivity contribution in [2.24, 2.45) is 10.1 Å². The third kappa shape index (κ3) is 3.54. The van der Waals surface area contributed by atoms with Crippen LogP contribution >= 0.6 is 0 Å². The highest BCUT2D eigenvalue weighted by Crippen LogP contribution is 2.13. The van der Waals surface area contributed by atoms with Gasteiger partial charge in [-0.05, 0) is 30.5 Å². The predicted octanol–water partition coefficient (Wildman–Crippen LogP) is 2.51. The smallest absolute Gasteiger partial charge is 0.142 e. The van der Waals surface area contributed by atoms with Crippen molar-refractivity contribution in [3.8, 4) is 0 Å². The van der Waals surface area contributed by atoms with E-state index in [0.717, 1.165) is 0 Å². The minimum Gasteiger partial charge on any atom is -0.391 e. The highest BCUT2D eigenvalue weighted by Gasteiger charge is 1.99. The van der Waals surface area contributed by atoms with Gasteiger partial charge in [-0.3, -0.25) is 4.99 Å². The normalized spacial score (nSPS) is 11.4. The number of hydrogen-bond donors (Lipinski definition) is 0. The summed E-state index contributed by atoms with van der Waals surface area (Å²) >= 11 is 0. The third-order valence-electron chi connectivity index (χ3n) is 2.29. The Morgan fingerprint density at radius 3 is 2.80 bits per heavy atom. The molecule has 0 spiro atoms. The second kappa shape index (κ2) is 5.96. The summed E-state index contributed by atoms with van der Waals surface area (Å²) in [5.74, 6) is 0. The molecular weight excluding hydrogens is 188 g/mol. The summed E-state index contributed by atoms with van der Waals surface area (Å²) in [5.41, 5.74) is 3.70. The van der Waals surface area contributed by atoms with E-state index >= 15 is 0 Å². The van der Waals surface area contributed by atoms with Gasteiger partial charge in [0.1, 0.15) is 6.61 Å². The molecule has 1 aromatic carbocycles. The lowest BCUT2D eigenvalue weighted by Gasteiger charge is -2.06. The zero-order valence-electron chi connectivity index (χ0n) is 9.40. The van der Waals surface area contributed by atoms with Crippen LogP contribution in [0.5, 0.6) is 0 Å². The van der Waals surface area contributed by atoms with Crippen LogP contribution < -0.4 is 0 Å². The zero-order valence-corrected chi connectivity index (χ0v) is 9.40. The van der Waals surface area contributed by atoms with E-state index in [4.69, 9.17) is 4.84 Å². The minimum absolute atomic E-state index is 0.502. The number of nitrogens with zero attached hydrogens (tertiary/aromatic N) is 2. The molecule has 0 unspecified atom stereocenters. The number of benzene rings is 1. The molecule has 0 radical (unpaired) electrons. The maximum atomic E-state index is 5.14. The number of hydrogen-bond acceptors (Lipinski definition) is 3. The zero-order chi connectivity index (χ0) is 11.1. The Morgan fingerprint density at radius 2 is 2.07 bits per heavy atom. The maximum absolute atomic E-state index is 5.14. The van der Waals surface area contributed by atoms with Gasteiger partial charge in [-0.25, -0.2) is 0 Å². The molecule has 15 heavy (non-hydrogen) atoms. The molecule has 1 aromatic rings. The first-order valence-corrected chi connectivity index (χ1v) is 4.87. The first-order valence-electron chi connectivity index (χ1n) is 4.87. The van der Waals surface area contributed by atoms with Gasteiger partial charge in [-0.2, -0.15) is 0 Å². The molecule has 0 bridgehead atoms. The molecule has 0 aliphatic carbocycles. The summed E-state index contributed by atoms with van der Waals surface area (Å²) < 4.78 is 0. The van der Waals surface area contributed by atoms with Gasteiger partial charge in [0.05, 0.1) is 6.21 Å². The molecule has 80 valence electrons. The van der Waals surface area contributed by atoms with Gasteiger partial charge in [0.15, 0.2) is 0 Å². The van der Waals surface area contributed by atoms with Crippen molar-refractivity contribution < 1.29 is 4.84 Å². The Morgan fingerprint density at radius 1 is 1.27 bits per heavy atom. The summed E-state index contributed by atoms with van der Waals surface area (Å²) in [6.07, 6.45) is 3.12. The molecular formula is C12H16N2O. The van der Waals surface area contributed by atoms with Gasteiger partial charge < -0.3 is 4.84 Å². The molecule has 0 aliphatic heterocycles. The van der Waals surface area contributed by atoms with Crippen molar-refractivity contribution in [2.75, 3.05) is 7.05 Å². The van der Waals surface area contributed by atoms with E-state index in [1.807, 2.05) is 12.1 Å². The molecule has 0 saturated carbocycles. The van der Waals surface area contributed by atoms with E-state index < -0.39 is 0 Å². The van der Waals surface area contributed by atoms with Gasteiger partial charge in [-0.1, -0.05) is 23.4 Å². The van der Waals surface area contributed by atoms with Crippen molar-refractivity contribution in [2.45, 2.75) is 20.5 Å². The fraction of sp³-hybridized carbons (Fsp3) is 0.333. The van der Waals surface area contributed by atoms with Crippen LogP contribution in [0.1, 0.15) is 16.7 Å². The number of oxime groups is 1. The van der Waals surface area contributed by atoms with Crippen LogP contribution in [-0.4, -0.2) is 19.5 Å². The van der Waals surface area contributed by atoms with Crippen LogP contribution in [0.2, 0.25) is 0 Å². The first kappa shape index (κ1) is 11.4. The average molecular weight is 204 g/mol. The molecule has 0 saturated heterocycles. The van der Waals surface area contributed by atoms with E-state index in [1.54, 1.807) is 13.3 Å². The summed E-state index contributed by atoms with van der Waals surface area (Å²) in [7, 11) is 1.69. The van der Waals surface area contributed by atoms with Crippen molar-refractivity contribution in [1.29, 1.82) is 0 Å². The van der Waals surface area contributed by atoms with Crippen LogP contribution in [0.15, 0.2) is 28.3 Å². The van der Waals surface area contributed by atoms with Crippen LogP contribution in [0.3, 0.4) is 0 Å². The summed E-state index contributed by atoms with van der Waals surface area (Å²) in [4.78, 5) is 8.89. The Balaban J connectivity index is 2.54. The maximum Gasteiger partial charge on any atom is 0.142 e. The molecule has 0 N–H and O–H groups in total. The lowest BCUT2D eigenvalue weighted by molar-refractivity contribution is 0.132. The van der Waals surface area contributed by atoms with E-state index in [2.05, 4.69) is 30.1 Å². The molecule has 3 heteroatoms. The first-order chi connectivity index (χ1) is 7.25. The van der Waals surface area contributed by atoms with E-state index in [0.29, 0.717) is 6.61 Å². The van der Waals surface area contributed by atoms with Gasteiger partial charge >= 0.3 is 0 Å². The highest BCUT2D eigenvalue weighted by atomic mass is 16.6. The topological polar surface area (TPSA) is 34.0 Å². The quantitative estimate of drug-likeness (QED) is 0.548. The second-order valence-corrected chi connectivity index (χ2v) is 3.29. The van der Waals surface area contributed by atoms with Crippen molar-refractivity contribution in [3.63, 3.8) is 0 Å². The fourth-order valence-corrected chi connectivity index (χ4v) is 1.21. The van der Waals surface area contributed by atoms with Crippen molar-refractivity contribution in [1.82, 2.24) is 0 Å². The van der Waals surface area contributed by atoms with Gasteiger partial charge in [0.25, 0.3) is 0 Å². The number of aliphatic imine (C=N–C) groups is 1. The highest BCUT2D eigenvalue weighted by molar-refractivity contribution is 6.15. The van der Waals surface area contributed by atoms with Crippen molar-refractivity contribution >= 4 is 12.4 Å². The summed E-state index contributed by atoms with van der Waals surface area (Å²) in [6, 6.07) is 6.16.